The minimum Gasteiger partial charge on any atom is -0.493 e. The van der Waals surface area contributed by atoms with Gasteiger partial charge in [-0.3, -0.25) is 4.79 Å². The molecule has 1 N–H and O–H groups in total. The number of aryl methyl sites for hydroxylation is 2. The molecule has 0 aliphatic rings. The lowest BCUT2D eigenvalue weighted by molar-refractivity contribution is -0.136. The number of thioether (sulfide) groups is 1. The average molecular weight is 485 g/mol. The van der Waals surface area contributed by atoms with Crippen molar-refractivity contribution >= 4 is 29.3 Å². The summed E-state index contributed by atoms with van der Waals surface area (Å²) in [4.78, 5) is 11.7. The zero-order valence-electron chi connectivity index (χ0n) is 19.4. The third kappa shape index (κ3) is 10.4. The van der Waals surface area contributed by atoms with E-state index in [1.807, 2.05) is 48.5 Å². The van der Waals surface area contributed by atoms with Crippen LogP contribution in [0, 0.1) is 0 Å². The van der Waals surface area contributed by atoms with Crippen molar-refractivity contribution in [3.63, 3.8) is 0 Å². The van der Waals surface area contributed by atoms with Crippen molar-refractivity contribution in [1.82, 2.24) is 0 Å². The first-order valence-corrected chi connectivity index (χ1v) is 12.8. The van der Waals surface area contributed by atoms with Crippen molar-refractivity contribution in [2.75, 3.05) is 12.4 Å². The molecule has 0 atom stereocenters. The van der Waals surface area contributed by atoms with E-state index in [1.165, 1.54) is 11.1 Å². The Balaban J connectivity index is 0.000000554. The monoisotopic (exact) mass is 484 g/mol. The Kier molecular flexibility index (Phi) is 12.5. The third-order valence-electron chi connectivity index (χ3n) is 4.87. The molecule has 0 aliphatic heterocycles. The van der Waals surface area contributed by atoms with E-state index in [2.05, 4.69) is 32.0 Å². The smallest absolute Gasteiger partial charge is 0.307 e. The number of ether oxygens (including phenoxy) is 1. The Hall–Kier alpha value is -2.43. The number of carboxylic acids is 1. The molecule has 176 valence electrons. The fourth-order valence-electron chi connectivity index (χ4n) is 3.21. The van der Waals surface area contributed by atoms with Gasteiger partial charge in [-0.05, 0) is 54.2 Å². The van der Waals surface area contributed by atoms with Gasteiger partial charge in [-0.15, -0.1) is 11.8 Å². The molecule has 0 saturated heterocycles. The number of halogens is 1. The Morgan fingerprint density at radius 2 is 1.64 bits per heavy atom. The number of aliphatic carboxylic acids is 1. The molecule has 0 bridgehead atoms. The molecule has 3 rings (SSSR count). The molecule has 0 aromatic heterocycles. The highest BCUT2D eigenvalue weighted by atomic mass is 35.5. The highest BCUT2D eigenvalue weighted by Crippen LogP contribution is 2.29. The van der Waals surface area contributed by atoms with Crippen LogP contribution in [-0.2, 0) is 24.1 Å². The molecule has 0 saturated carbocycles. The summed E-state index contributed by atoms with van der Waals surface area (Å²) >= 11 is 7.93. The van der Waals surface area contributed by atoms with Crippen LogP contribution in [0.25, 0.3) is 0 Å². The van der Waals surface area contributed by atoms with Gasteiger partial charge in [0.15, 0.2) is 0 Å². The number of benzene rings is 3. The van der Waals surface area contributed by atoms with E-state index < -0.39 is 5.97 Å². The van der Waals surface area contributed by atoms with Gasteiger partial charge in [-0.25, -0.2) is 0 Å². The van der Waals surface area contributed by atoms with E-state index in [9.17, 15) is 4.79 Å². The van der Waals surface area contributed by atoms with E-state index in [0.717, 1.165) is 47.6 Å². The molecule has 0 fully saturated rings. The molecule has 3 nitrogen and oxygen atoms in total. The topological polar surface area (TPSA) is 46.5 Å². The van der Waals surface area contributed by atoms with Gasteiger partial charge in [0.05, 0.1) is 18.1 Å². The van der Waals surface area contributed by atoms with Crippen molar-refractivity contribution in [2.24, 2.45) is 0 Å². The van der Waals surface area contributed by atoms with Gasteiger partial charge < -0.3 is 9.84 Å². The molecular formula is C28H33ClO3S. The van der Waals surface area contributed by atoms with Crippen LogP contribution in [0.1, 0.15) is 43.4 Å². The molecule has 33 heavy (non-hydrogen) atoms. The fraction of sp³-hybridized carbons (Fsp3) is 0.321. The molecule has 5 heteroatoms. The van der Waals surface area contributed by atoms with Crippen molar-refractivity contribution in [1.29, 1.82) is 0 Å². The van der Waals surface area contributed by atoms with Gasteiger partial charge >= 0.3 is 5.97 Å². The zero-order chi connectivity index (χ0) is 23.9. The maximum absolute atomic E-state index is 10.8. The minimum absolute atomic E-state index is 0.00454. The van der Waals surface area contributed by atoms with Gasteiger partial charge in [-0.1, -0.05) is 86.5 Å². The van der Waals surface area contributed by atoms with Crippen LogP contribution in [0.5, 0.6) is 5.75 Å². The van der Waals surface area contributed by atoms with Crippen molar-refractivity contribution in [3.8, 4) is 5.75 Å². The maximum Gasteiger partial charge on any atom is 0.307 e. The van der Waals surface area contributed by atoms with E-state index in [4.69, 9.17) is 21.4 Å². The first-order chi connectivity index (χ1) is 16.0. The summed E-state index contributed by atoms with van der Waals surface area (Å²) in [6.07, 6.45) is 4.10. The molecule has 0 unspecified atom stereocenters. The van der Waals surface area contributed by atoms with Crippen molar-refractivity contribution in [3.05, 3.63) is 94.5 Å². The molecular weight excluding hydrogens is 452 g/mol. The Bertz CT molecular complexity index is 949. The summed E-state index contributed by atoms with van der Waals surface area (Å²) < 4.78 is 6.01. The molecule has 0 heterocycles. The van der Waals surface area contributed by atoms with Crippen LogP contribution in [0.2, 0.25) is 5.02 Å². The van der Waals surface area contributed by atoms with Crippen LogP contribution in [-0.4, -0.2) is 23.4 Å². The minimum atomic E-state index is -0.849. The third-order valence-corrected chi connectivity index (χ3v) is 6.46. The Labute approximate surface area is 207 Å². The summed E-state index contributed by atoms with van der Waals surface area (Å²) in [6.45, 7) is 5.02. The van der Waals surface area contributed by atoms with E-state index in [1.54, 1.807) is 17.8 Å². The zero-order valence-corrected chi connectivity index (χ0v) is 21.0. The van der Waals surface area contributed by atoms with Crippen molar-refractivity contribution in [2.45, 2.75) is 50.8 Å². The van der Waals surface area contributed by atoms with Crippen LogP contribution in [0.4, 0.5) is 0 Å². The quantitative estimate of drug-likeness (QED) is 0.223. The number of carboxylic acid groups (broad SMARTS) is 1. The average Bonchev–Trinajstić information content (AvgIpc) is 2.82. The SMILES string of the molecule is CCCc1cc(CC)ccc1OCCCSc1ccc(CC(=O)O)cc1Cl.c1ccccc1. The predicted octanol–water partition coefficient (Wildman–Crippen LogP) is 7.73. The maximum atomic E-state index is 10.8. The lowest BCUT2D eigenvalue weighted by Crippen LogP contribution is -2.02. The molecule has 3 aromatic rings. The van der Waals surface area contributed by atoms with Gasteiger partial charge in [0.1, 0.15) is 5.75 Å². The fourth-order valence-corrected chi connectivity index (χ4v) is 4.42. The van der Waals surface area contributed by atoms with E-state index in [-0.39, 0.29) is 6.42 Å². The largest absolute Gasteiger partial charge is 0.493 e. The van der Waals surface area contributed by atoms with Crippen LogP contribution >= 0.6 is 23.4 Å². The summed E-state index contributed by atoms with van der Waals surface area (Å²) in [5.74, 6) is 1.04. The summed E-state index contributed by atoms with van der Waals surface area (Å²) in [5, 5.41) is 9.45. The van der Waals surface area contributed by atoms with Crippen LogP contribution in [0.3, 0.4) is 0 Å². The lowest BCUT2D eigenvalue weighted by Gasteiger charge is -2.13. The first-order valence-electron chi connectivity index (χ1n) is 11.4. The number of rotatable bonds is 11. The van der Waals surface area contributed by atoms with E-state index in [0.29, 0.717) is 11.6 Å². The van der Waals surface area contributed by atoms with Crippen LogP contribution < -0.4 is 4.74 Å². The van der Waals surface area contributed by atoms with Gasteiger partial charge in [0, 0.05) is 10.6 Å². The molecule has 0 amide bonds. The van der Waals surface area contributed by atoms with Crippen molar-refractivity contribution < 1.29 is 14.6 Å². The standard InChI is InChI=1S/C22H27ClO3S.C6H6/c1-3-6-18-13-16(4-2)7-9-20(18)26-11-5-12-27-21-10-8-17(14-19(21)23)15-22(24)25;1-2-4-6-5-3-1/h7-10,13-14H,3-6,11-12,15H2,1-2H3,(H,24,25);1-6H. The highest BCUT2D eigenvalue weighted by Gasteiger charge is 2.07. The summed E-state index contributed by atoms with van der Waals surface area (Å²) in [7, 11) is 0. The van der Waals surface area contributed by atoms with Gasteiger partial charge in [-0.2, -0.15) is 0 Å². The second-order valence-corrected chi connectivity index (χ2v) is 9.13. The predicted molar refractivity (Wildman–Crippen MR) is 140 cm³/mol. The molecule has 0 spiro atoms. The van der Waals surface area contributed by atoms with E-state index >= 15 is 0 Å². The Morgan fingerprint density at radius 3 is 2.21 bits per heavy atom. The number of hydrogen-bond acceptors (Lipinski definition) is 3. The summed E-state index contributed by atoms with van der Waals surface area (Å²) in [5.41, 5.74) is 3.36. The van der Waals surface area contributed by atoms with Crippen LogP contribution in [0.15, 0.2) is 77.7 Å². The normalized spacial score (nSPS) is 10.3. The Morgan fingerprint density at radius 1 is 0.970 bits per heavy atom. The highest BCUT2D eigenvalue weighted by molar-refractivity contribution is 7.99. The lowest BCUT2D eigenvalue weighted by atomic mass is 10.0. The molecule has 0 radical (unpaired) electrons. The van der Waals surface area contributed by atoms with Gasteiger partial charge in [0.2, 0.25) is 0 Å². The molecule has 0 aliphatic carbocycles. The number of hydrogen-bond donors (Lipinski definition) is 1. The first kappa shape index (κ1) is 26.8. The second kappa shape index (κ2) is 15.4. The summed E-state index contributed by atoms with van der Waals surface area (Å²) in [6, 6.07) is 23.9. The number of carbonyl (C=O) groups is 1. The van der Waals surface area contributed by atoms with Gasteiger partial charge in [0.25, 0.3) is 0 Å². The second-order valence-electron chi connectivity index (χ2n) is 7.59. The molecule has 3 aromatic carbocycles.